The molecule has 0 saturated carbocycles. The average molecular weight is 193 g/mol. The molecule has 0 amide bonds. The van der Waals surface area contributed by atoms with E-state index in [1.807, 2.05) is 23.3 Å². The summed E-state index contributed by atoms with van der Waals surface area (Å²) in [5.74, 6) is 0.939. The number of nitrogens with zero attached hydrogens (tertiary/aromatic N) is 1. The largest absolute Gasteiger partial charge is 0.406 e. The Morgan fingerprint density at radius 1 is 1.21 bits per heavy atom. The molecule has 0 unspecified atom stereocenters. The van der Waals surface area contributed by atoms with E-state index in [9.17, 15) is 0 Å². The van der Waals surface area contributed by atoms with E-state index in [4.69, 9.17) is 9.57 Å². The standard InChI is InChI=1S/C11H15NO2/c1-10-4-2-3-5-11(10)14-12-6-8-13-9-7-12/h2-5H,6-9H2,1H3. The van der Waals surface area contributed by atoms with Crippen LogP contribution in [-0.4, -0.2) is 31.4 Å². The zero-order valence-electron chi connectivity index (χ0n) is 8.40. The van der Waals surface area contributed by atoms with Crippen LogP contribution in [0.1, 0.15) is 5.56 Å². The predicted octanol–water partition coefficient (Wildman–Crippen LogP) is 1.62. The first-order valence-corrected chi connectivity index (χ1v) is 4.92. The van der Waals surface area contributed by atoms with Gasteiger partial charge in [-0.3, -0.25) is 0 Å². The van der Waals surface area contributed by atoms with Gasteiger partial charge in [0.25, 0.3) is 0 Å². The van der Waals surface area contributed by atoms with Gasteiger partial charge in [0.2, 0.25) is 0 Å². The molecule has 0 aromatic heterocycles. The maximum Gasteiger partial charge on any atom is 0.150 e. The monoisotopic (exact) mass is 193 g/mol. The van der Waals surface area contributed by atoms with E-state index < -0.39 is 0 Å². The summed E-state index contributed by atoms with van der Waals surface area (Å²) in [4.78, 5) is 5.74. The zero-order chi connectivity index (χ0) is 9.80. The third kappa shape index (κ3) is 2.25. The maximum atomic E-state index is 5.74. The quantitative estimate of drug-likeness (QED) is 0.712. The van der Waals surface area contributed by atoms with Crippen LogP contribution in [0.15, 0.2) is 24.3 Å². The van der Waals surface area contributed by atoms with E-state index in [0.717, 1.165) is 32.1 Å². The normalized spacial score (nSPS) is 18.1. The summed E-state index contributed by atoms with van der Waals surface area (Å²) in [6, 6.07) is 8.05. The number of para-hydroxylation sites is 1. The van der Waals surface area contributed by atoms with Gasteiger partial charge in [-0.1, -0.05) is 18.2 Å². The summed E-state index contributed by atoms with van der Waals surface area (Å²) in [6.45, 7) is 5.25. The minimum atomic E-state index is 0.756. The molecule has 76 valence electrons. The van der Waals surface area contributed by atoms with Crippen molar-refractivity contribution in [1.29, 1.82) is 0 Å². The number of benzene rings is 1. The van der Waals surface area contributed by atoms with Crippen molar-refractivity contribution in [3.05, 3.63) is 29.8 Å². The molecule has 1 aliphatic heterocycles. The van der Waals surface area contributed by atoms with Gasteiger partial charge in [-0.15, -0.1) is 5.06 Å². The van der Waals surface area contributed by atoms with Gasteiger partial charge in [0, 0.05) is 0 Å². The fraction of sp³-hybridized carbons (Fsp3) is 0.455. The molecule has 14 heavy (non-hydrogen) atoms. The Bertz CT molecular complexity index is 295. The molecule has 1 aromatic carbocycles. The lowest BCUT2D eigenvalue weighted by Gasteiger charge is -2.26. The van der Waals surface area contributed by atoms with Crippen molar-refractivity contribution in [2.45, 2.75) is 6.92 Å². The Kier molecular flexibility index (Phi) is 3.01. The van der Waals surface area contributed by atoms with E-state index in [1.165, 1.54) is 5.56 Å². The van der Waals surface area contributed by atoms with Gasteiger partial charge in [-0.05, 0) is 18.6 Å². The Labute approximate surface area is 84.2 Å². The smallest absolute Gasteiger partial charge is 0.150 e. The van der Waals surface area contributed by atoms with E-state index in [0.29, 0.717) is 0 Å². The van der Waals surface area contributed by atoms with Gasteiger partial charge in [0.1, 0.15) is 5.75 Å². The Balaban J connectivity index is 1.99. The predicted molar refractivity (Wildman–Crippen MR) is 54.2 cm³/mol. The van der Waals surface area contributed by atoms with Crippen LogP contribution in [0, 0.1) is 6.92 Å². The van der Waals surface area contributed by atoms with E-state index in [2.05, 4.69) is 13.0 Å². The number of ether oxygens (including phenoxy) is 1. The highest BCUT2D eigenvalue weighted by Crippen LogP contribution is 2.17. The lowest BCUT2D eigenvalue weighted by Crippen LogP contribution is -2.38. The first-order chi connectivity index (χ1) is 6.86. The van der Waals surface area contributed by atoms with Gasteiger partial charge >= 0.3 is 0 Å². The molecule has 0 bridgehead atoms. The molecule has 1 heterocycles. The molecule has 1 aliphatic rings. The molecule has 1 fully saturated rings. The summed E-state index contributed by atoms with van der Waals surface area (Å²) >= 11 is 0. The molecule has 3 heteroatoms. The third-order valence-electron chi connectivity index (χ3n) is 2.29. The van der Waals surface area contributed by atoms with Gasteiger partial charge in [0.05, 0.1) is 26.3 Å². The van der Waals surface area contributed by atoms with Crippen LogP contribution in [0.3, 0.4) is 0 Å². The van der Waals surface area contributed by atoms with Crippen LogP contribution >= 0.6 is 0 Å². The van der Waals surface area contributed by atoms with Crippen molar-refractivity contribution in [2.24, 2.45) is 0 Å². The van der Waals surface area contributed by atoms with E-state index in [-0.39, 0.29) is 0 Å². The summed E-state index contributed by atoms with van der Waals surface area (Å²) in [5.41, 5.74) is 1.17. The topological polar surface area (TPSA) is 21.7 Å². The maximum absolute atomic E-state index is 5.74. The van der Waals surface area contributed by atoms with Crippen molar-refractivity contribution < 1.29 is 9.57 Å². The van der Waals surface area contributed by atoms with Crippen molar-refractivity contribution in [2.75, 3.05) is 26.3 Å². The van der Waals surface area contributed by atoms with Crippen LogP contribution in [0.25, 0.3) is 0 Å². The molecule has 0 radical (unpaired) electrons. The summed E-state index contributed by atoms with van der Waals surface area (Å²) < 4.78 is 5.25. The first-order valence-electron chi connectivity index (χ1n) is 4.92. The van der Waals surface area contributed by atoms with Crippen LogP contribution in [0.5, 0.6) is 5.75 Å². The highest BCUT2D eigenvalue weighted by atomic mass is 16.7. The second-order valence-electron chi connectivity index (χ2n) is 3.40. The van der Waals surface area contributed by atoms with Crippen molar-refractivity contribution >= 4 is 0 Å². The number of hydrogen-bond donors (Lipinski definition) is 0. The van der Waals surface area contributed by atoms with Crippen molar-refractivity contribution in [3.63, 3.8) is 0 Å². The fourth-order valence-electron chi connectivity index (χ4n) is 1.44. The Morgan fingerprint density at radius 2 is 1.93 bits per heavy atom. The van der Waals surface area contributed by atoms with Gasteiger partial charge < -0.3 is 9.57 Å². The molecule has 2 rings (SSSR count). The Hall–Kier alpha value is -1.06. The second-order valence-corrected chi connectivity index (χ2v) is 3.40. The summed E-state index contributed by atoms with van der Waals surface area (Å²) in [7, 11) is 0. The minimum absolute atomic E-state index is 0.756. The molecular weight excluding hydrogens is 178 g/mol. The number of rotatable bonds is 2. The van der Waals surface area contributed by atoms with Crippen molar-refractivity contribution in [3.8, 4) is 5.75 Å². The summed E-state index contributed by atoms with van der Waals surface area (Å²) in [5, 5.41) is 1.95. The highest BCUT2D eigenvalue weighted by Gasteiger charge is 2.12. The minimum Gasteiger partial charge on any atom is -0.406 e. The average Bonchev–Trinajstić information content (AvgIpc) is 2.23. The number of aryl methyl sites for hydroxylation is 1. The zero-order valence-corrected chi connectivity index (χ0v) is 8.40. The van der Waals surface area contributed by atoms with E-state index in [1.54, 1.807) is 0 Å². The second kappa shape index (κ2) is 4.44. The van der Waals surface area contributed by atoms with Crippen molar-refractivity contribution in [1.82, 2.24) is 5.06 Å². The van der Waals surface area contributed by atoms with Gasteiger partial charge in [-0.25, -0.2) is 0 Å². The third-order valence-corrected chi connectivity index (χ3v) is 2.29. The molecule has 0 aliphatic carbocycles. The molecule has 1 aromatic rings. The van der Waals surface area contributed by atoms with Crippen LogP contribution in [0.4, 0.5) is 0 Å². The van der Waals surface area contributed by atoms with E-state index >= 15 is 0 Å². The van der Waals surface area contributed by atoms with Crippen LogP contribution in [0.2, 0.25) is 0 Å². The van der Waals surface area contributed by atoms with Gasteiger partial charge in [-0.2, -0.15) is 0 Å². The number of morpholine rings is 1. The molecule has 0 spiro atoms. The molecule has 1 saturated heterocycles. The molecule has 0 atom stereocenters. The molecule has 0 N–H and O–H groups in total. The fourth-order valence-corrected chi connectivity index (χ4v) is 1.44. The lowest BCUT2D eigenvalue weighted by atomic mass is 10.2. The van der Waals surface area contributed by atoms with Crippen LogP contribution < -0.4 is 4.84 Å². The molecule has 3 nitrogen and oxygen atoms in total. The first kappa shape index (κ1) is 9.49. The summed E-state index contributed by atoms with van der Waals surface area (Å²) in [6.07, 6.45) is 0. The number of hydroxylamine groups is 2. The van der Waals surface area contributed by atoms with Gasteiger partial charge in [0.15, 0.2) is 0 Å². The number of hydrogen-bond acceptors (Lipinski definition) is 3. The van der Waals surface area contributed by atoms with Crippen LogP contribution in [-0.2, 0) is 4.74 Å². The SMILES string of the molecule is Cc1ccccc1ON1CCOCC1. The molecular formula is C11H15NO2. The lowest BCUT2D eigenvalue weighted by molar-refractivity contribution is -0.118. The highest BCUT2D eigenvalue weighted by molar-refractivity contribution is 5.31. The Morgan fingerprint density at radius 3 is 2.64 bits per heavy atom.